The molecule has 1 fully saturated rings. The van der Waals surface area contributed by atoms with E-state index in [0.29, 0.717) is 18.4 Å². The predicted molar refractivity (Wildman–Crippen MR) is 59.9 cm³/mol. The Kier molecular flexibility index (Phi) is 5.67. The largest absolute Gasteiger partial charge is 0.384 e. The van der Waals surface area contributed by atoms with Gasteiger partial charge in [0.2, 0.25) is 0 Å². The van der Waals surface area contributed by atoms with Crippen LogP contribution in [0.4, 0.5) is 0 Å². The standard InChI is InChI=1S/C10H21NO2S/c1-3-11-10(9-4-5-9)8-14(12)7-6-13-2/h9-11H,3-8H2,1-2H3. The van der Waals surface area contributed by atoms with Crippen LogP contribution in [0.1, 0.15) is 19.8 Å². The second kappa shape index (κ2) is 6.53. The van der Waals surface area contributed by atoms with Crippen molar-refractivity contribution in [3.8, 4) is 0 Å². The molecule has 0 saturated heterocycles. The highest BCUT2D eigenvalue weighted by atomic mass is 32.2. The van der Waals surface area contributed by atoms with Gasteiger partial charge in [-0.15, -0.1) is 0 Å². The summed E-state index contributed by atoms with van der Waals surface area (Å²) in [4.78, 5) is 0. The van der Waals surface area contributed by atoms with Gasteiger partial charge in [0, 0.05) is 35.5 Å². The summed E-state index contributed by atoms with van der Waals surface area (Å²) in [5.74, 6) is 2.24. The van der Waals surface area contributed by atoms with Crippen LogP contribution in [0.5, 0.6) is 0 Å². The predicted octanol–water partition coefficient (Wildman–Crippen LogP) is 0.770. The van der Waals surface area contributed by atoms with E-state index in [0.717, 1.165) is 18.2 Å². The number of nitrogens with one attached hydrogen (secondary N) is 1. The molecule has 1 rings (SSSR count). The maximum Gasteiger partial charge on any atom is 0.0577 e. The van der Waals surface area contributed by atoms with Gasteiger partial charge in [0.15, 0.2) is 0 Å². The van der Waals surface area contributed by atoms with E-state index in [9.17, 15) is 4.21 Å². The molecule has 0 aromatic heterocycles. The van der Waals surface area contributed by atoms with Crippen molar-refractivity contribution in [1.82, 2.24) is 5.32 Å². The molecule has 1 saturated carbocycles. The average Bonchev–Trinajstić information content (AvgIpc) is 2.97. The monoisotopic (exact) mass is 219 g/mol. The summed E-state index contributed by atoms with van der Waals surface area (Å²) < 4.78 is 16.5. The molecule has 0 aliphatic heterocycles. The Morgan fingerprint density at radius 1 is 1.57 bits per heavy atom. The molecular weight excluding hydrogens is 198 g/mol. The molecule has 0 bridgehead atoms. The minimum absolute atomic E-state index is 0.470. The van der Waals surface area contributed by atoms with E-state index in [-0.39, 0.29) is 0 Å². The Labute approximate surface area is 89.1 Å². The van der Waals surface area contributed by atoms with E-state index in [4.69, 9.17) is 4.74 Å². The first kappa shape index (κ1) is 12.1. The fourth-order valence-corrected chi connectivity index (χ4v) is 2.89. The number of ether oxygens (including phenoxy) is 1. The lowest BCUT2D eigenvalue weighted by molar-refractivity contribution is 0.218. The Bertz CT molecular complexity index is 183. The van der Waals surface area contributed by atoms with Gasteiger partial charge < -0.3 is 10.1 Å². The first-order valence-electron chi connectivity index (χ1n) is 5.35. The van der Waals surface area contributed by atoms with Crippen molar-refractivity contribution >= 4 is 10.8 Å². The number of rotatable bonds is 8. The molecular formula is C10H21NO2S. The zero-order valence-corrected chi connectivity index (χ0v) is 9.94. The summed E-state index contributed by atoms with van der Waals surface area (Å²) in [6.07, 6.45) is 2.61. The van der Waals surface area contributed by atoms with Gasteiger partial charge in [-0.25, -0.2) is 0 Å². The highest BCUT2D eigenvalue weighted by Crippen LogP contribution is 2.32. The topological polar surface area (TPSA) is 38.3 Å². The fourth-order valence-electron chi connectivity index (χ4n) is 1.58. The lowest BCUT2D eigenvalue weighted by Gasteiger charge is -2.16. The molecule has 0 aromatic carbocycles. The van der Waals surface area contributed by atoms with Crippen molar-refractivity contribution < 1.29 is 8.95 Å². The van der Waals surface area contributed by atoms with Crippen LogP contribution in [0.25, 0.3) is 0 Å². The SMILES string of the molecule is CCNC(CS(=O)CCOC)C1CC1. The van der Waals surface area contributed by atoms with Crippen molar-refractivity contribution in [2.45, 2.75) is 25.8 Å². The van der Waals surface area contributed by atoms with Crippen molar-refractivity contribution in [2.24, 2.45) is 5.92 Å². The van der Waals surface area contributed by atoms with Crippen LogP contribution in [0, 0.1) is 5.92 Å². The van der Waals surface area contributed by atoms with Crippen molar-refractivity contribution in [2.75, 3.05) is 31.8 Å². The first-order chi connectivity index (χ1) is 6.77. The summed E-state index contributed by atoms with van der Waals surface area (Å²) in [7, 11) is 0.933. The maximum atomic E-state index is 11.6. The van der Waals surface area contributed by atoms with Crippen molar-refractivity contribution in [3.05, 3.63) is 0 Å². The van der Waals surface area contributed by atoms with E-state index >= 15 is 0 Å². The number of hydrogen-bond donors (Lipinski definition) is 1. The zero-order chi connectivity index (χ0) is 10.4. The molecule has 2 unspecified atom stereocenters. The number of hydrogen-bond acceptors (Lipinski definition) is 3. The van der Waals surface area contributed by atoms with Crippen LogP contribution in [0.15, 0.2) is 0 Å². The molecule has 1 N–H and O–H groups in total. The smallest absolute Gasteiger partial charge is 0.0577 e. The molecule has 4 heteroatoms. The molecule has 1 aliphatic carbocycles. The van der Waals surface area contributed by atoms with Crippen LogP contribution in [-0.2, 0) is 15.5 Å². The molecule has 0 aromatic rings. The summed E-state index contributed by atoms with van der Waals surface area (Å²) in [5, 5.41) is 3.42. The van der Waals surface area contributed by atoms with Gasteiger partial charge in [-0.2, -0.15) is 0 Å². The van der Waals surface area contributed by atoms with E-state index < -0.39 is 10.8 Å². The van der Waals surface area contributed by atoms with Crippen molar-refractivity contribution in [1.29, 1.82) is 0 Å². The van der Waals surface area contributed by atoms with E-state index in [2.05, 4.69) is 12.2 Å². The summed E-state index contributed by atoms with van der Waals surface area (Å²) in [5.41, 5.74) is 0. The molecule has 0 spiro atoms. The van der Waals surface area contributed by atoms with Crippen LogP contribution < -0.4 is 5.32 Å². The third-order valence-electron chi connectivity index (χ3n) is 2.54. The summed E-state index contributed by atoms with van der Waals surface area (Å²) >= 11 is 0. The average molecular weight is 219 g/mol. The molecule has 0 amide bonds. The highest BCUT2D eigenvalue weighted by molar-refractivity contribution is 7.85. The zero-order valence-electron chi connectivity index (χ0n) is 9.12. The summed E-state index contributed by atoms with van der Waals surface area (Å²) in [6.45, 7) is 3.69. The molecule has 2 atom stereocenters. The molecule has 1 aliphatic rings. The van der Waals surface area contributed by atoms with Crippen LogP contribution >= 0.6 is 0 Å². The molecule has 84 valence electrons. The lowest BCUT2D eigenvalue weighted by atomic mass is 10.2. The van der Waals surface area contributed by atoms with E-state index in [1.165, 1.54) is 12.8 Å². The van der Waals surface area contributed by atoms with E-state index in [1.54, 1.807) is 7.11 Å². The summed E-state index contributed by atoms with van der Waals surface area (Å²) in [6, 6.07) is 0.470. The maximum absolute atomic E-state index is 11.6. The molecule has 3 nitrogen and oxygen atoms in total. The minimum atomic E-state index is -0.720. The van der Waals surface area contributed by atoms with Crippen LogP contribution in [-0.4, -0.2) is 42.0 Å². The highest BCUT2D eigenvalue weighted by Gasteiger charge is 2.31. The molecule has 14 heavy (non-hydrogen) atoms. The molecule has 0 heterocycles. The third-order valence-corrected chi connectivity index (χ3v) is 3.89. The minimum Gasteiger partial charge on any atom is -0.384 e. The number of methoxy groups -OCH3 is 1. The Balaban J connectivity index is 2.20. The van der Waals surface area contributed by atoms with Gasteiger partial charge in [0.25, 0.3) is 0 Å². The second-order valence-corrected chi connectivity index (χ2v) is 5.43. The van der Waals surface area contributed by atoms with Gasteiger partial charge in [0.05, 0.1) is 6.61 Å². The van der Waals surface area contributed by atoms with Crippen LogP contribution in [0.2, 0.25) is 0 Å². The van der Waals surface area contributed by atoms with Gasteiger partial charge in [-0.3, -0.25) is 4.21 Å². The van der Waals surface area contributed by atoms with Gasteiger partial charge >= 0.3 is 0 Å². The normalized spacial score (nSPS) is 20.7. The lowest BCUT2D eigenvalue weighted by Crippen LogP contribution is -2.36. The first-order valence-corrected chi connectivity index (χ1v) is 6.84. The van der Waals surface area contributed by atoms with Crippen molar-refractivity contribution in [3.63, 3.8) is 0 Å². The third kappa shape index (κ3) is 4.53. The Morgan fingerprint density at radius 2 is 2.29 bits per heavy atom. The fraction of sp³-hybridized carbons (Fsp3) is 1.00. The van der Waals surface area contributed by atoms with Gasteiger partial charge in [0.1, 0.15) is 0 Å². The van der Waals surface area contributed by atoms with E-state index in [1.807, 2.05) is 0 Å². The second-order valence-electron chi connectivity index (χ2n) is 3.81. The Morgan fingerprint density at radius 3 is 2.79 bits per heavy atom. The quantitative estimate of drug-likeness (QED) is 0.655. The van der Waals surface area contributed by atoms with Gasteiger partial charge in [-0.05, 0) is 25.3 Å². The Hall–Kier alpha value is 0.0700. The van der Waals surface area contributed by atoms with Gasteiger partial charge in [-0.1, -0.05) is 6.92 Å². The molecule has 0 radical (unpaired) electrons. The van der Waals surface area contributed by atoms with Crippen LogP contribution in [0.3, 0.4) is 0 Å².